The van der Waals surface area contributed by atoms with Crippen LogP contribution in [0.2, 0.25) is 5.02 Å². The lowest BCUT2D eigenvalue weighted by Gasteiger charge is -2.20. The van der Waals surface area contributed by atoms with Gasteiger partial charge in [0.25, 0.3) is 0 Å². The van der Waals surface area contributed by atoms with Gasteiger partial charge in [-0.1, -0.05) is 25.4 Å². The summed E-state index contributed by atoms with van der Waals surface area (Å²) in [5.41, 5.74) is 1.77. The zero-order valence-electron chi connectivity index (χ0n) is 17.3. The minimum atomic E-state index is -4.15. The van der Waals surface area contributed by atoms with Crippen LogP contribution in [-0.4, -0.2) is 37.5 Å². The lowest BCUT2D eigenvalue weighted by Crippen LogP contribution is -2.44. The molecule has 0 fully saturated rings. The molecule has 1 aromatic heterocycles. The number of aromatic amines is 1. The second-order valence-corrected chi connectivity index (χ2v) is 10.2. The monoisotopic (exact) mass is 543 g/mol. The molecule has 2 aromatic carbocycles. The topological polar surface area (TPSA) is 101 Å². The Kier molecular flexibility index (Phi) is 7.39. The molecule has 0 unspecified atom stereocenters. The van der Waals surface area contributed by atoms with E-state index in [1.807, 2.05) is 0 Å². The van der Waals surface area contributed by atoms with E-state index in [2.05, 4.69) is 30.6 Å². The molecule has 0 aliphatic rings. The number of nitrogens with one attached hydrogen (secondary N) is 2. The number of hydrogen-bond acceptors (Lipinski definition) is 5. The highest BCUT2D eigenvalue weighted by Crippen LogP contribution is 2.30. The average molecular weight is 545 g/mol. The van der Waals surface area contributed by atoms with Gasteiger partial charge in [0.1, 0.15) is 22.6 Å². The summed E-state index contributed by atoms with van der Waals surface area (Å²) >= 11 is 9.32. The van der Waals surface area contributed by atoms with Gasteiger partial charge in [-0.15, -0.1) is 0 Å². The molecule has 0 saturated carbocycles. The van der Waals surface area contributed by atoms with Crippen molar-refractivity contribution in [2.75, 3.05) is 7.11 Å². The fourth-order valence-corrected chi connectivity index (χ4v) is 5.19. The Labute approximate surface area is 198 Å². The van der Waals surface area contributed by atoms with Gasteiger partial charge in [-0.05, 0) is 58.2 Å². The zero-order chi connectivity index (χ0) is 23.6. The summed E-state index contributed by atoms with van der Waals surface area (Å²) in [6, 6.07) is 7.87. The first kappa shape index (κ1) is 24.4. The standard InChI is InChI=1S/C21H20BrClFN3O4S/c1-11(2)19(21(28)31-3)27-32(29,30)18-9-13(4-6-15(18)23)20-25-10-17(26-20)12-5-7-16(24)14(22)8-12/h4-11,19,27H,1-3H3,(H,25,26)/t19-/m0/s1. The maximum Gasteiger partial charge on any atom is 0.324 e. The van der Waals surface area contributed by atoms with Crippen LogP contribution in [0.5, 0.6) is 0 Å². The maximum absolute atomic E-state index is 13.5. The first-order valence-electron chi connectivity index (χ1n) is 9.44. The van der Waals surface area contributed by atoms with Crippen LogP contribution in [0, 0.1) is 11.7 Å². The van der Waals surface area contributed by atoms with Gasteiger partial charge in [0.2, 0.25) is 10.0 Å². The third kappa shape index (κ3) is 5.20. The van der Waals surface area contributed by atoms with Crippen LogP contribution < -0.4 is 4.72 Å². The van der Waals surface area contributed by atoms with Crippen molar-refractivity contribution in [2.24, 2.45) is 5.92 Å². The van der Waals surface area contributed by atoms with Crippen molar-refractivity contribution >= 4 is 43.5 Å². The molecule has 0 aliphatic heterocycles. The molecular formula is C21H20BrClFN3O4S. The Morgan fingerprint density at radius 2 is 1.91 bits per heavy atom. The first-order valence-corrected chi connectivity index (χ1v) is 12.1. The van der Waals surface area contributed by atoms with E-state index in [9.17, 15) is 17.6 Å². The van der Waals surface area contributed by atoms with Crippen molar-refractivity contribution in [1.29, 1.82) is 0 Å². The fraction of sp³-hybridized carbons (Fsp3) is 0.238. The Balaban J connectivity index is 1.96. The predicted octanol–water partition coefficient (Wildman–Crippen LogP) is 4.77. The van der Waals surface area contributed by atoms with E-state index in [0.29, 0.717) is 27.1 Å². The molecule has 0 aliphatic carbocycles. The van der Waals surface area contributed by atoms with Crippen molar-refractivity contribution < 1.29 is 22.3 Å². The van der Waals surface area contributed by atoms with Crippen LogP contribution in [0.1, 0.15) is 13.8 Å². The lowest BCUT2D eigenvalue weighted by molar-refractivity contribution is -0.143. The molecule has 0 amide bonds. The number of imidazole rings is 1. The highest BCUT2D eigenvalue weighted by molar-refractivity contribution is 9.10. The lowest BCUT2D eigenvalue weighted by atomic mass is 10.1. The Bertz CT molecular complexity index is 1260. The largest absolute Gasteiger partial charge is 0.468 e. The van der Waals surface area contributed by atoms with E-state index >= 15 is 0 Å². The number of aromatic nitrogens is 2. The second kappa shape index (κ2) is 9.70. The molecular weight excluding hydrogens is 525 g/mol. The van der Waals surface area contributed by atoms with Crippen LogP contribution in [-0.2, 0) is 19.6 Å². The number of benzene rings is 2. The van der Waals surface area contributed by atoms with Gasteiger partial charge in [-0.2, -0.15) is 4.72 Å². The van der Waals surface area contributed by atoms with Gasteiger partial charge < -0.3 is 9.72 Å². The van der Waals surface area contributed by atoms with E-state index in [-0.39, 0.29) is 21.7 Å². The van der Waals surface area contributed by atoms with Crippen molar-refractivity contribution in [2.45, 2.75) is 24.8 Å². The number of esters is 1. The van der Waals surface area contributed by atoms with Gasteiger partial charge in [-0.3, -0.25) is 4.79 Å². The highest BCUT2D eigenvalue weighted by atomic mass is 79.9. The van der Waals surface area contributed by atoms with Gasteiger partial charge >= 0.3 is 5.97 Å². The SMILES string of the molecule is COC(=O)[C@@H](NS(=O)(=O)c1cc(-c2ncc(-c3ccc(F)c(Br)c3)[nH]2)ccc1Cl)C(C)C. The Morgan fingerprint density at radius 1 is 1.22 bits per heavy atom. The van der Waals surface area contributed by atoms with Gasteiger partial charge in [-0.25, -0.2) is 17.8 Å². The van der Waals surface area contributed by atoms with E-state index in [4.69, 9.17) is 16.3 Å². The number of rotatable bonds is 7. The van der Waals surface area contributed by atoms with Crippen LogP contribution in [0.4, 0.5) is 4.39 Å². The molecule has 1 heterocycles. The summed E-state index contributed by atoms with van der Waals surface area (Å²) in [5.74, 6) is -1.04. The van der Waals surface area contributed by atoms with Crippen molar-refractivity contribution in [3.63, 3.8) is 0 Å². The molecule has 7 nitrogen and oxygen atoms in total. The smallest absolute Gasteiger partial charge is 0.324 e. The highest BCUT2D eigenvalue weighted by Gasteiger charge is 2.30. The molecule has 170 valence electrons. The molecule has 2 N–H and O–H groups in total. The minimum Gasteiger partial charge on any atom is -0.468 e. The zero-order valence-corrected chi connectivity index (χ0v) is 20.5. The number of H-pyrrole nitrogens is 1. The fourth-order valence-electron chi connectivity index (χ4n) is 2.95. The van der Waals surface area contributed by atoms with Crippen LogP contribution >= 0.6 is 27.5 Å². The van der Waals surface area contributed by atoms with E-state index in [0.717, 1.165) is 0 Å². The summed E-state index contributed by atoms with van der Waals surface area (Å²) < 4.78 is 46.9. The summed E-state index contributed by atoms with van der Waals surface area (Å²) in [6.07, 6.45) is 1.56. The Hall–Kier alpha value is -2.27. The molecule has 3 aromatic rings. The normalized spacial score (nSPS) is 12.7. The summed E-state index contributed by atoms with van der Waals surface area (Å²) in [4.78, 5) is 19.2. The van der Waals surface area contributed by atoms with Gasteiger partial charge in [0, 0.05) is 11.1 Å². The first-order chi connectivity index (χ1) is 15.0. The number of methoxy groups -OCH3 is 1. The molecule has 0 radical (unpaired) electrons. The molecule has 0 spiro atoms. The predicted molar refractivity (Wildman–Crippen MR) is 123 cm³/mol. The summed E-state index contributed by atoms with van der Waals surface area (Å²) in [5, 5.41) is -0.0112. The van der Waals surface area contributed by atoms with Crippen molar-refractivity contribution in [3.8, 4) is 22.6 Å². The van der Waals surface area contributed by atoms with Crippen molar-refractivity contribution in [3.05, 3.63) is 57.9 Å². The van der Waals surface area contributed by atoms with E-state index in [1.54, 1.807) is 38.2 Å². The molecule has 0 bridgehead atoms. The number of carbonyl (C=O) groups excluding carboxylic acids is 1. The van der Waals surface area contributed by atoms with Crippen LogP contribution in [0.25, 0.3) is 22.6 Å². The van der Waals surface area contributed by atoms with Crippen LogP contribution in [0.3, 0.4) is 0 Å². The number of sulfonamides is 1. The number of carbonyl (C=O) groups is 1. The van der Waals surface area contributed by atoms with E-state index < -0.39 is 22.0 Å². The van der Waals surface area contributed by atoms with E-state index in [1.165, 1.54) is 25.3 Å². The summed E-state index contributed by atoms with van der Waals surface area (Å²) in [6.45, 7) is 3.39. The number of ether oxygens (including phenoxy) is 1. The molecule has 3 rings (SSSR count). The number of hydrogen-bond donors (Lipinski definition) is 2. The molecule has 1 atom stereocenters. The number of nitrogens with zero attached hydrogens (tertiary/aromatic N) is 1. The average Bonchev–Trinajstić information content (AvgIpc) is 3.23. The number of halogens is 3. The van der Waals surface area contributed by atoms with Gasteiger partial charge in [0.05, 0.1) is 28.5 Å². The van der Waals surface area contributed by atoms with Crippen molar-refractivity contribution in [1.82, 2.24) is 14.7 Å². The third-order valence-electron chi connectivity index (χ3n) is 4.70. The Morgan fingerprint density at radius 3 is 2.53 bits per heavy atom. The summed E-state index contributed by atoms with van der Waals surface area (Å²) in [7, 11) is -2.96. The molecule has 11 heteroatoms. The quantitative estimate of drug-likeness (QED) is 0.417. The maximum atomic E-state index is 13.5. The molecule has 0 saturated heterocycles. The minimum absolute atomic E-state index is 0.0112. The van der Waals surface area contributed by atoms with Gasteiger partial charge in [0.15, 0.2) is 0 Å². The second-order valence-electron chi connectivity index (χ2n) is 7.29. The molecule has 32 heavy (non-hydrogen) atoms. The van der Waals surface area contributed by atoms with Crippen LogP contribution in [0.15, 0.2) is 52.0 Å². The third-order valence-corrected chi connectivity index (χ3v) is 7.23.